The zero-order chi connectivity index (χ0) is 23.5. The lowest BCUT2D eigenvalue weighted by molar-refractivity contribution is 0.102. The summed E-state index contributed by atoms with van der Waals surface area (Å²) in [5.41, 5.74) is 3.47. The Morgan fingerprint density at radius 2 is 1.79 bits per heavy atom. The number of anilines is 3. The molecule has 1 saturated heterocycles. The number of morpholine rings is 1. The molecule has 2 aromatic carbocycles. The summed E-state index contributed by atoms with van der Waals surface area (Å²) in [6.45, 7) is 2.97. The minimum absolute atomic E-state index is 0.200. The first-order valence-electron chi connectivity index (χ1n) is 10.8. The summed E-state index contributed by atoms with van der Waals surface area (Å²) in [4.78, 5) is 35.3. The average molecular weight is 476 g/mol. The van der Waals surface area contributed by atoms with E-state index in [1.807, 2.05) is 36.4 Å². The number of amides is 2. The highest BCUT2D eigenvalue weighted by Gasteiger charge is 2.16. The van der Waals surface area contributed by atoms with Crippen molar-refractivity contribution in [3.8, 4) is 0 Å². The Kier molecular flexibility index (Phi) is 6.16. The monoisotopic (exact) mass is 475 g/mol. The molecule has 34 heavy (non-hydrogen) atoms. The molecule has 0 spiro atoms. The van der Waals surface area contributed by atoms with E-state index in [2.05, 4.69) is 25.5 Å². The number of benzene rings is 2. The smallest absolute Gasteiger partial charge is 0.257 e. The van der Waals surface area contributed by atoms with Gasteiger partial charge in [-0.15, -0.1) is 0 Å². The van der Waals surface area contributed by atoms with E-state index in [0.29, 0.717) is 30.2 Å². The van der Waals surface area contributed by atoms with Crippen LogP contribution in [0.1, 0.15) is 20.7 Å². The molecule has 0 unspecified atom stereocenters. The number of nitrogens with one attached hydrogen (secondary N) is 3. The fourth-order valence-corrected chi connectivity index (χ4v) is 4.06. The molecule has 8 nitrogen and oxygen atoms in total. The summed E-state index contributed by atoms with van der Waals surface area (Å²) in [6.07, 6.45) is 3.33. The van der Waals surface area contributed by atoms with E-state index in [4.69, 9.17) is 16.3 Å². The van der Waals surface area contributed by atoms with Gasteiger partial charge < -0.3 is 25.3 Å². The largest absolute Gasteiger partial charge is 0.378 e. The SMILES string of the molecule is O=C(Nc1cccc(N2CCOCC2)c1)c1ccc(Cl)c(C(=O)Nc2cnc3[nH]ccc3c2)c1. The van der Waals surface area contributed by atoms with Gasteiger partial charge in [0.05, 0.1) is 35.7 Å². The van der Waals surface area contributed by atoms with Crippen LogP contribution in [0, 0.1) is 0 Å². The third-order valence-electron chi connectivity index (χ3n) is 5.61. The van der Waals surface area contributed by atoms with E-state index < -0.39 is 5.91 Å². The molecule has 0 saturated carbocycles. The maximum atomic E-state index is 12.9. The number of carbonyl (C=O) groups excluding carboxylic acids is 2. The van der Waals surface area contributed by atoms with Crippen LogP contribution in [0.15, 0.2) is 67.0 Å². The number of ether oxygens (including phenoxy) is 1. The molecule has 172 valence electrons. The van der Waals surface area contributed by atoms with Crippen molar-refractivity contribution in [1.82, 2.24) is 9.97 Å². The molecule has 1 aliphatic heterocycles. The van der Waals surface area contributed by atoms with Crippen LogP contribution < -0.4 is 15.5 Å². The summed E-state index contributed by atoms with van der Waals surface area (Å²) in [7, 11) is 0. The van der Waals surface area contributed by atoms with Crippen molar-refractivity contribution in [2.45, 2.75) is 0 Å². The van der Waals surface area contributed by atoms with Crippen LogP contribution in [0.2, 0.25) is 5.02 Å². The summed E-state index contributed by atoms with van der Waals surface area (Å²) in [6, 6.07) is 16.0. The Morgan fingerprint density at radius 3 is 2.65 bits per heavy atom. The van der Waals surface area contributed by atoms with Gasteiger partial charge >= 0.3 is 0 Å². The maximum absolute atomic E-state index is 12.9. The molecule has 3 N–H and O–H groups in total. The van der Waals surface area contributed by atoms with Crippen LogP contribution in [-0.2, 0) is 4.74 Å². The van der Waals surface area contributed by atoms with E-state index in [0.717, 1.165) is 29.8 Å². The van der Waals surface area contributed by atoms with Crippen molar-refractivity contribution in [2.24, 2.45) is 0 Å². The van der Waals surface area contributed by atoms with E-state index in [9.17, 15) is 9.59 Å². The number of halogens is 1. The van der Waals surface area contributed by atoms with Gasteiger partial charge in [-0.2, -0.15) is 0 Å². The molecule has 3 heterocycles. The van der Waals surface area contributed by atoms with Crippen LogP contribution >= 0.6 is 11.6 Å². The Morgan fingerprint density at radius 1 is 0.971 bits per heavy atom. The van der Waals surface area contributed by atoms with Crippen molar-refractivity contribution >= 4 is 51.5 Å². The van der Waals surface area contributed by atoms with Crippen LogP contribution in [0.25, 0.3) is 11.0 Å². The number of rotatable bonds is 5. The Bertz CT molecular complexity index is 1360. The van der Waals surface area contributed by atoms with Crippen molar-refractivity contribution < 1.29 is 14.3 Å². The zero-order valence-electron chi connectivity index (χ0n) is 18.2. The minimum atomic E-state index is -0.425. The fourth-order valence-electron chi connectivity index (χ4n) is 3.85. The molecule has 2 amide bonds. The first-order valence-corrected chi connectivity index (χ1v) is 11.2. The van der Waals surface area contributed by atoms with Gasteiger partial charge in [-0.25, -0.2) is 4.98 Å². The minimum Gasteiger partial charge on any atom is -0.378 e. The van der Waals surface area contributed by atoms with Gasteiger partial charge in [0.25, 0.3) is 11.8 Å². The number of pyridine rings is 1. The van der Waals surface area contributed by atoms with E-state index >= 15 is 0 Å². The average Bonchev–Trinajstić information content (AvgIpc) is 3.33. The molecular weight excluding hydrogens is 454 g/mol. The Balaban J connectivity index is 1.31. The van der Waals surface area contributed by atoms with Gasteiger partial charge in [0.1, 0.15) is 5.65 Å². The number of hydrogen-bond acceptors (Lipinski definition) is 5. The van der Waals surface area contributed by atoms with Gasteiger partial charge in [-0.1, -0.05) is 17.7 Å². The lowest BCUT2D eigenvalue weighted by Gasteiger charge is -2.29. The lowest BCUT2D eigenvalue weighted by atomic mass is 10.1. The highest BCUT2D eigenvalue weighted by Crippen LogP contribution is 2.23. The summed E-state index contributed by atoms with van der Waals surface area (Å²) >= 11 is 6.28. The van der Waals surface area contributed by atoms with Crippen LogP contribution in [0.4, 0.5) is 17.1 Å². The van der Waals surface area contributed by atoms with Gasteiger partial charge in [0.15, 0.2) is 0 Å². The van der Waals surface area contributed by atoms with Crippen molar-refractivity contribution in [3.63, 3.8) is 0 Å². The normalized spacial score (nSPS) is 13.6. The van der Waals surface area contributed by atoms with Crippen molar-refractivity contribution in [3.05, 3.63) is 83.1 Å². The number of nitrogens with zero attached hydrogens (tertiary/aromatic N) is 2. The predicted molar refractivity (Wildman–Crippen MR) is 133 cm³/mol. The number of hydrogen-bond donors (Lipinski definition) is 3. The first kappa shape index (κ1) is 21.9. The topological polar surface area (TPSA) is 99.3 Å². The molecule has 1 fully saturated rings. The number of fused-ring (bicyclic) bond motifs is 1. The second-order valence-electron chi connectivity index (χ2n) is 7.89. The van der Waals surface area contributed by atoms with Crippen LogP contribution in [0.5, 0.6) is 0 Å². The Labute approximate surface area is 200 Å². The summed E-state index contributed by atoms with van der Waals surface area (Å²) < 4.78 is 5.41. The second-order valence-corrected chi connectivity index (χ2v) is 8.30. The predicted octanol–water partition coefficient (Wildman–Crippen LogP) is 4.56. The standard InChI is InChI=1S/C25H22ClN5O3/c26-22-5-4-17(13-21(22)25(33)30-19-12-16-6-7-27-23(16)28-15-19)24(32)29-18-2-1-3-20(14-18)31-8-10-34-11-9-31/h1-7,12-15H,8-11H2,(H,27,28)(H,29,32)(H,30,33). The van der Waals surface area contributed by atoms with Crippen LogP contribution in [0.3, 0.4) is 0 Å². The molecule has 2 aromatic heterocycles. The number of aromatic nitrogens is 2. The Hall–Kier alpha value is -3.88. The van der Waals surface area contributed by atoms with Crippen molar-refractivity contribution in [1.29, 1.82) is 0 Å². The summed E-state index contributed by atoms with van der Waals surface area (Å²) in [5, 5.41) is 6.82. The van der Waals surface area contributed by atoms with Gasteiger partial charge in [-0.05, 0) is 48.5 Å². The van der Waals surface area contributed by atoms with Gasteiger partial charge in [-0.3, -0.25) is 9.59 Å². The highest BCUT2D eigenvalue weighted by atomic mass is 35.5. The molecule has 4 aromatic rings. The molecule has 1 aliphatic rings. The number of H-pyrrole nitrogens is 1. The second kappa shape index (κ2) is 9.54. The van der Waals surface area contributed by atoms with Gasteiger partial charge in [0.2, 0.25) is 0 Å². The molecular formula is C25H22ClN5O3. The van der Waals surface area contributed by atoms with Gasteiger partial charge in [0, 0.05) is 41.6 Å². The van der Waals surface area contributed by atoms with E-state index in [-0.39, 0.29) is 16.5 Å². The zero-order valence-corrected chi connectivity index (χ0v) is 18.9. The van der Waals surface area contributed by atoms with E-state index in [1.165, 1.54) is 6.07 Å². The first-order chi connectivity index (χ1) is 16.6. The molecule has 0 atom stereocenters. The highest BCUT2D eigenvalue weighted by molar-refractivity contribution is 6.34. The molecule has 0 aliphatic carbocycles. The molecule has 0 bridgehead atoms. The van der Waals surface area contributed by atoms with Crippen molar-refractivity contribution in [2.75, 3.05) is 41.8 Å². The van der Waals surface area contributed by atoms with Crippen LogP contribution in [-0.4, -0.2) is 48.1 Å². The third-order valence-corrected chi connectivity index (χ3v) is 5.94. The fraction of sp³-hybridized carbons (Fsp3) is 0.160. The molecule has 9 heteroatoms. The van der Waals surface area contributed by atoms with E-state index in [1.54, 1.807) is 24.5 Å². The maximum Gasteiger partial charge on any atom is 0.257 e. The number of aromatic amines is 1. The quantitative estimate of drug-likeness (QED) is 0.393. The number of carbonyl (C=O) groups is 2. The lowest BCUT2D eigenvalue weighted by Crippen LogP contribution is -2.36. The summed E-state index contributed by atoms with van der Waals surface area (Å²) in [5.74, 6) is -0.758. The third kappa shape index (κ3) is 4.73. The molecule has 5 rings (SSSR count). The molecule has 0 radical (unpaired) electrons.